The van der Waals surface area contributed by atoms with E-state index in [9.17, 15) is 4.79 Å². The molecule has 0 saturated heterocycles. The second-order valence-corrected chi connectivity index (χ2v) is 4.59. The molecule has 0 aromatic heterocycles. The Morgan fingerprint density at radius 3 is 2.79 bits per heavy atom. The highest BCUT2D eigenvalue weighted by atomic mass is 16.7. The molecule has 1 amide bonds. The number of amidine groups is 1. The van der Waals surface area contributed by atoms with Gasteiger partial charge >= 0.3 is 0 Å². The largest absolute Gasteiger partial charge is 0.454 e. The molecule has 0 radical (unpaired) electrons. The quantitative estimate of drug-likeness (QED) is 0.325. The van der Waals surface area contributed by atoms with Gasteiger partial charge in [0.15, 0.2) is 17.3 Å². The van der Waals surface area contributed by atoms with Gasteiger partial charge in [-0.2, -0.15) is 0 Å². The van der Waals surface area contributed by atoms with E-state index in [1.54, 1.807) is 18.2 Å². The van der Waals surface area contributed by atoms with E-state index in [0.29, 0.717) is 30.0 Å². The Bertz CT molecular complexity index is 566. The summed E-state index contributed by atoms with van der Waals surface area (Å²) in [5.74, 6) is 0.912. The van der Waals surface area contributed by atoms with Gasteiger partial charge < -0.3 is 25.7 Å². The Kier molecular flexibility index (Phi) is 2.48. The molecule has 0 atom stereocenters. The van der Waals surface area contributed by atoms with Crippen LogP contribution in [0, 0.1) is 5.41 Å². The standard InChI is InChI=1S/C12H13N3O4/c13-10(15-17)12(3-4-12)11(16)14-7-1-2-8-9(5-7)19-6-18-8/h1-2,5,17H,3-4,6H2,(H2,13,15)(H,14,16). The lowest BCUT2D eigenvalue weighted by Crippen LogP contribution is -2.36. The molecular formula is C12H13N3O4. The van der Waals surface area contributed by atoms with E-state index in [2.05, 4.69) is 10.5 Å². The van der Waals surface area contributed by atoms with E-state index >= 15 is 0 Å². The minimum atomic E-state index is -0.870. The number of anilines is 1. The molecule has 1 saturated carbocycles. The van der Waals surface area contributed by atoms with Crippen molar-refractivity contribution in [3.63, 3.8) is 0 Å². The Labute approximate surface area is 109 Å². The molecule has 0 unspecified atom stereocenters. The lowest BCUT2D eigenvalue weighted by atomic mass is 10.1. The van der Waals surface area contributed by atoms with Gasteiger partial charge in [0, 0.05) is 11.8 Å². The topological polar surface area (TPSA) is 106 Å². The van der Waals surface area contributed by atoms with Gasteiger partial charge in [0.25, 0.3) is 0 Å². The predicted octanol–water partition coefficient (Wildman–Crippen LogP) is 0.880. The second kappa shape index (κ2) is 4.04. The SMILES string of the molecule is N/C(=N/O)C1(C(=O)Nc2ccc3c(c2)OCO3)CC1. The van der Waals surface area contributed by atoms with E-state index in [0.717, 1.165) is 0 Å². The number of benzene rings is 1. The summed E-state index contributed by atoms with van der Waals surface area (Å²) in [5, 5.41) is 14.4. The first-order valence-corrected chi connectivity index (χ1v) is 5.85. The summed E-state index contributed by atoms with van der Waals surface area (Å²) >= 11 is 0. The maximum atomic E-state index is 12.1. The van der Waals surface area contributed by atoms with Crippen LogP contribution >= 0.6 is 0 Å². The highest BCUT2D eigenvalue weighted by Crippen LogP contribution is 2.47. The fraction of sp³-hybridized carbons (Fsp3) is 0.333. The normalized spacial score (nSPS) is 19.1. The van der Waals surface area contributed by atoms with Gasteiger partial charge in [0.2, 0.25) is 12.7 Å². The number of nitrogens with two attached hydrogens (primary N) is 1. The zero-order chi connectivity index (χ0) is 13.5. The van der Waals surface area contributed by atoms with Gasteiger partial charge in [0.05, 0.1) is 0 Å². The van der Waals surface area contributed by atoms with Crippen molar-refractivity contribution in [3.05, 3.63) is 18.2 Å². The number of fused-ring (bicyclic) bond motifs is 1. The van der Waals surface area contributed by atoms with Crippen LogP contribution in [-0.4, -0.2) is 23.7 Å². The van der Waals surface area contributed by atoms with E-state index < -0.39 is 5.41 Å². The zero-order valence-corrected chi connectivity index (χ0v) is 10.0. The Hall–Kier alpha value is -2.44. The van der Waals surface area contributed by atoms with Crippen LogP contribution in [0.2, 0.25) is 0 Å². The van der Waals surface area contributed by atoms with Crippen molar-refractivity contribution in [2.75, 3.05) is 12.1 Å². The van der Waals surface area contributed by atoms with Crippen molar-refractivity contribution in [1.29, 1.82) is 0 Å². The molecule has 7 heteroatoms. The van der Waals surface area contributed by atoms with Crippen molar-refractivity contribution in [2.24, 2.45) is 16.3 Å². The molecule has 19 heavy (non-hydrogen) atoms. The number of nitrogens with zero attached hydrogens (tertiary/aromatic N) is 1. The highest BCUT2D eigenvalue weighted by molar-refractivity contribution is 6.14. The number of carbonyl (C=O) groups excluding carboxylic acids is 1. The zero-order valence-electron chi connectivity index (χ0n) is 10.0. The fourth-order valence-electron chi connectivity index (χ4n) is 2.05. The van der Waals surface area contributed by atoms with Crippen LogP contribution in [-0.2, 0) is 4.79 Å². The summed E-state index contributed by atoms with van der Waals surface area (Å²) in [6, 6.07) is 5.12. The number of rotatable bonds is 3. The predicted molar refractivity (Wildman–Crippen MR) is 66.3 cm³/mol. The average Bonchev–Trinajstić information content (AvgIpc) is 3.11. The lowest BCUT2D eigenvalue weighted by Gasteiger charge is -2.13. The van der Waals surface area contributed by atoms with Gasteiger partial charge in [0.1, 0.15) is 5.41 Å². The van der Waals surface area contributed by atoms with E-state index in [4.69, 9.17) is 20.4 Å². The van der Waals surface area contributed by atoms with Gasteiger partial charge in [-0.15, -0.1) is 0 Å². The third-order valence-electron chi connectivity index (χ3n) is 3.41. The average molecular weight is 263 g/mol. The van der Waals surface area contributed by atoms with Gasteiger partial charge in [-0.05, 0) is 25.0 Å². The van der Waals surface area contributed by atoms with Crippen molar-refractivity contribution in [2.45, 2.75) is 12.8 Å². The fourth-order valence-corrected chi connectivity index (χ4v) is 2.05. The van der Waals surface area contributed by atoms with Crippen molar-refractivity contribution in [1.82, 2.24) is 0 Å². The second-order valence-electron chi connectivity index (χ2n) is 4.59. The molecule has 2 aliphatic rings. The third kappa shape index (κ3) is 1.83. The Morgan fingerprint density at radius 2 is 2.11 bits per heavy atom. The molecule has 0 bridgehead atoms. The molecule has 1 aromatic carbocycles. The summed E-state index contributed by atoms with van der Waals surface area (Å²) in [5.41, 5.74) is 5.27. The van der Waals surface area contributed by atoms with Crippen LogP contribution in [0.3, 0.4) is 0 Å². The first kappa shape index (κ1) is 11.6. The maximum Gasteiger partial charge on any atom is 0.238 e. The third-order valence-corrected chi connectivity index (χ3v) is 3.41. The first-order valence-electron chi connectivity index (χ1n) is 5.85. The molecule has 1 aromatic rings. The summed E-state index contributed by atoms with van der Waals surface area (Å²) in [6.07, 6.45) is 1.17. The van der Waals surface area contributed by atoms with E-state index in [1.165, 1.54) is 0 Å². The Balaban J connectivity index is 1.77. The maximum absolute atomic E-state index is 12.1. The first-order chi connectivity index (χ1) is 9.15. The molecule has 3 rings (SSSR count). The summed E-state index contributed by atoms with van der Waals surface area (Å²) in [7, 11) is 0. The number of carbonyl (C=O) groups is 1. The van der Waals surface area contributed by atoms with Gasteiger partial charge in [-0.1, -0.05) is 5.16 Å². The summed E-state index contributed by atoms with van der Waals surface area (Å²) < 4.78 is 10.4. The number of ether oxygens (including phenoxy) is 2. The van der Waals surface area contributed by atoms with Crippen LogP contribution in [0.25, 0.3) is 0 Å². The lowest BCUT2D eigenvalue weighted by molar-refractivity contribution is -0.119. The highest BCUT2D eigenvalue weighted by Gasteiger charge is 2.54. The number of hydrogen-bond acceptors (Lipinski definition) is 5. The van der Waals surface area contributed by atoms with Crippen LogP contribution < -0.4 is 20.5 Å². The number of hydrogen-bond donors (Lipinski definition) is 3. The van der Waals surface area contributed by atoms with Crippen molar-refractivity contribution >= 4 is 17.4 Å². The molecule has 4 N–H and O–H groups in total. The van der Waals surface area contributed by atoms with Gasteiger partial charge in [-0.25, -0.2) is 0 Å². The van der Waals surface area contributed by atoms with Crippen LogP contribution in [0.1, 0.15) is 12.8 Å². The van der Waals surface area contributed by atoms with E-state index in [1.807, 2.05) is 0 Å². The van der Waals surface area contributed by atoms with Crippen LogP contribution in [0.4, 0.5) is 5.69 Å². The smallest absolute Gasteiger partial charge is 0.238 e. The molecule has 7 nitrogen and oxygen atoms in total. The van der Waals surface area contributed by atoms with Crippen LogP contribution in [0.5, 0.6) is 11.5 Å². The summed E-state index contributed by atoms with van der Waals surface area (Å²) in [4.78, 5) is 12.1. The summed E-state index contributed by atoms with van der Waals surface area (Å²) in [6.45, 7) is 0.181. The molecule has 0 spiro atoms. The number of amides is 1. The van der Waals surface area contributed by atoms with Crippen molar-refractivity contribution in [3.8, 4) is 11.5 Å². The molecule has 1 fully saturated rings. The minimum absolute atomic E-state index is 0.0502. The van der Waals surface area contributed by atoms with Crippen molar-refractivity contribution < 1.29 is 19.5 Å². The van der Waals surface area contributed by atoms with Crippen LogP contribution in [0.15, 0.2) is 23.4 Å². The number of oxime groups is 1. The molecule has 1 aliphatic carbocycles. The number of nitrogens with one attached hydrogen (secondary N) is 1. The van der Waals surface area contributed by atoms with Gasteiger partial charge in [-0.3, -0.25) is 4.79 Å². The minimum Gasteiger partial charge on any atom is -0.454 e. The molecule has 1 aliphatic heterocycles. The monoisotopic (exact) mass is 263 g/mol. The molecular weight excluding hydrogens is 250 g/mol. The molecule has 100 valence electrons. The molecule has 1 heterocycles. The van der Waals surface area contributed by atoms with E-state index in [-0.39, 0.29) is 18.5 Å². The Morgan fingerprint density at radius 1 is 1.37 bits per heavy atom.